The van der Waals surface area contributed by atoms with E-state index in [1.54, 1.807) is 30.3 Å². The van der Waals surface area contributed by atoms with Crippen LogP contribution in [0.5, 0.6) is 5.75 Å². The van der Waals surface area contributed by atoms with Crippen LogP contribution >= 0.6 is 11.6 Å². The number of benzene rings is 1. The molecule has 0 radical (unpaired) electrons. The summed E-state index contributed by atoms with van der Waals surface area (Å²) in [5.74, 6) is -0.327. The van der Waals surface area contributed by atoms with E-state index in [2.05, 4.69) is 10.3 Å². The van der Waals surface area contributed by atoms with Gasteiger partial charge in [-0.2, -0.15) is 0 Å². The van der Waals surface area contributed by atoms with Gasteiger partial charge < -0.3 is 4.74 Å². The van der Waals surface area contributed by atoms with E-state index in [4.69, 9.17) is 16.3 Å². The first-order valence-corrected chi connectivity index (χ1v) is 5.38. The average molecular weight is 267 g/mol. The number of nitrogens with zero attached hydrogens (tertiary/aromatic N) is 1. The molecule has 2 aromatic rings. The highest BCUT2D eigenvalue weighted by Crippen LogP contribution is 2.16. The van der Waals surface area contributed by atoms with Gasteiger partial charge in [0.15, 0.2) is 11.0 Å². The number of carbonyl (C=O) groups is 1. The molecule has 0 fully saturated rings. The number of rotatable bonds is 2. The van der Waals surface area contributed by atoms with Gasteiger partial charge in [-0.3, -0.25) is 5.32 Å². The number of hydrogen-bond acceptors (Lipinski definition) is 3. The number of para-hydroxylation sites is 1. The molecule has 1 heterocycles. The van der Waals surface area contributed by atoms with Gasteiger partial charge in [-0.15, -0.1) is 0 Å². The maximum absolute atomic E-state index is 13.1. The molecule has 0 aliphatic heterocycles. The van der Waals surface area contributed by atoms with Crippen molar-refractivity contribution in [3.8, 4) is 5.75 Å². The van der Waals surface area contributed by atoms with E-state index in [9.17, 15) is 9.18 Å². The summed E-state index contributed by atoms with van der Waals surface area (Å²) in [6.45, 7) is 0. The molecule has 4 nitrogen and oxygen atoms in total. The lowest BCUT2D eigenvalue weighted by Crippen LogP contribution is -2.16. The highest BCUT2D eigenvalue weighted by atomic mass is 35.5. The quantitative estimate of drug-likeness (QED) is 0.847. The number of anilines is 1. The van der Waals surface area contributed by atoms with Gasteiger partial charge in [0.2, 0.25) is 0 Å². The first kappa shape index (κ1) is 12.3. The predicted molar refractivity (Wildman–Crippen MR) is 65.3 cm³/mol. The zero-order chi connectivity index (χ0) is 13.0. The van der Waals surface area contributed by atoms with Gasteiger partial charge in [-0.1, -0.05) is 29.8 Å². The van der Waals surface area contributed by atoms with Crippen LogP contribution in [0.3, 0.4) is 0 Å². The number of ether oxygens (including phenoxy) is 1. The molecule has 1 aromatic heterocycles. The first-order valence-electron chi connectivity index (χ1n) is 5.00. The van der Waals surface area contributed by atoms with Crippen LogP contribution in [-0.4, -0.2) is 11.1 Å². The zero-order valence-corrected chi connectivity index (χ0v) is 9.82. The molecular formula is C12H8ClFN2O2. The molecule has 6 heteroatoms. The molecule has 1 aromatic carbocycles. The Morgan fingerprint density at radius 1 is 1.33 bits per heavy atom. The van der Waals surface area contributed by atoms with Gasteiger partial charge in [0.1, 0.15) is 5.75 Å². The second-order valence-electron chi connectivity index (χ2n) is 3.32. The fourth-order valence-corrected chi connectivity index (χ4v) is 1.33. The highest BCUT2D eigenvalue weighted by molar-refractivity contribution is 6.29. The van der Waals surface area contributed by atoms with Crippen LogP contribution in [0.15, 0.2) is 42.6 Å². The molecule has 18 heavy (non-hydrogen) atoms. The molecule has 0 aliphatic carbocycles. The van der Waals surface area contributed by atoms with Gasteiger partial charge in [0, 0.05) is 6.07 Å². The van der Waals surface area contributed by atoms with Crippen molar-refractivity contribution >= 4 is 23.4 Å². The van der Waals surface area contributed by atoms with Crippen LogP contribution in [0, 0.1) is 5.82 Å². The molecule has 0 unspecified atom stereocenters. The Hall–Kier alpha value is -2.14. The number of hydrogen-bond donors (Lipinski definition) is 1. The van der Waals surface area contributed by atoms with Crippen LogP contribution < -0.4 is 10.1 Å². The van der Waals surface area contributed by atoms with Crippen molar-refractivity contribution < 1.29 is 13.9 Å². The maximum atomic E-state index is 13.1. The van der Waals surface area contributed by atoms with Crippen molar-refractivity contribution in [1.29, 1.82) is 0 Å². The fourth-order valence-electron chi connectivity index (χ4n) is 1.23. The van der Waals surface area contributed by atoms with Gasteiger partial charge in [0.25, 0.3) is 0 Å². The summed E-state index contributed by atoms with van der Waals surface area (Å²) in [5.41, 5.74) is 0.165. The van der Waals surface area contributed by atoms with Gasteiger partial charge in [-0.05, 0) is 12.1 Å². The number of carbonyl (C=O) groups excluding carboxylic acids is 1. The Kier molecular flexibility index (Phi) is 3.74. The van der Waals surface area contributed by atoms with Gasteiger partial charge in [0.05, 0.1) is 11.9 Å². The van der Waals surface area contributed by atoms with E-state index in [1.807, 2.05) is 0 Å². The zero-order valence-electron chi connectivity index (χ0n) is 9.06. The lowest BCUT2D eigenvalue weighted by Gasteiger charge is -2.06. The van der Waals surface area contributed by atoms with Crippen LogP contribution in [0.2, 0.25) is 5.15 Å². The molecule has 0 atom stereocenters. The topological polar surface area (TPSA) is 51.2 Å². The Bertz CT molecular complexity index is 563. The Morgan fingerprint density at radius 2 is 2.06 bits per heavy atom. The third-order valence-electron chi connectivity index (χ3n) is 2.00. The standard InChI is InChI=1S/C12H8ClFN2O2/c13-11-10(14)6-8(7-15-11)16-12(17)18-9-4-2-1-3-5-9/h1-7H,(H,16,17). The third kappa shape index (κ3) is 3.18. The largest absolute Gasteiger partial charge is 0.417 e. The molecule has 0 spiro atoms. The average Bonchev–Trinajstić information content (AvgIpc) is 2.35. The molecule has 1 N–H and O–H groups in total. The second-order valence-corrected chi connectivity index (χ2v) is 3.68. The minimum atomic E-state index is -0.732. The molecule has 0 saturated heterocycles. The van der Waals surface area contributed by atoms with E-state index in [-0.39, 0.29) is 10.8 Å². The number of nitrogens with one attached hydrogen (secondary N) is 1. The molecule has 0 bridgehead atoms. The lowest BCUT2D eigenvalue weighted by atomic mass is 10.3. The molecule has 1 amide bonds. The van der Waals surface area contributed by atoms with E-state index in [0.717, 1.165) is 6.07 Å². The smallest absolute Gasteiger partial charge is 0.410 e. The van der Waals surface area contributed by atoms with E-state index >= 15 is 0 Å². The van der Waals surface area contributed by atoms with Crippen LogP contribution in [0.4, 0.5) is 14.9 Å². The van der Waals surface area contributed by atoms with Crippen molar-refractivity contribution in [2.24, 2.45) is 0 Å². The van der Waals surface area contributed by atoms with Crippen LogP contribution in [-0.2, 0) is 0 Å². The Labute approximate surface area is 107 Å². The minimum Gasteiger partial charge on any atom is -0.410 e. The van der Waals surface area contributed by atoms with Crippen molar-refractivity contribution in [2.75, 3.05) is 5.32 Å². The molecule has 0 saturated carbocycles. The number of amides is 1. The van der Waals surface area contributed by atoms with E-state index in [0.29, 0.717) is 5.75 Å². The van der Waals surface area contributed by atoms with Crippen molar-refractivity contribution in [1.82, 2.24) is 4.98 Å². The van der Waals surface area contributed by atoms with Gasteiger partial charge >= 0.3 is 6.09 Å². The summed E-state index contributed by atoms with van der Waals surface area (Å²) < 4.78 is 18.0. The van der Waals surface area contributed by atoms with Crippen molar-refractivity contribution in [2.45, 2.75) is 0 Å². The third-order valence-corrected chi connectivity index (χ3v) is 2.27. The SMILES string of the molecule is O=C(Nc1cnc(Cl)c(F)c1)Oc1ccccc1. The molecule has 0 aliphatic rings. The summed E-state index contributed by atoms with van der Waals surface area (Å²) in [6.07, 6.45) is 0.502. The molecular weight excluding hydrogens is 259 g/mol. The minimum absolute atomic E-state index is 0.165. The fraction of sp³-hybridized carbons (Fsp3) is 0. The highest BCUT2D eigenvalue weighted by Gasteiger charge is 2.07. The summed E-state index contributed by atoms with van der Waals surface area (Å²) >= 11 is 5.42. The van der Waals surface area contributed by atoms with Crippen LogP contribution in [0.25, 0.3) is 0 Å². The number of pyridine rings is 1. The summed E-state index contributed by atoms with van der Waals surface area (Å²) in [7, 11) is 0. The van der Waals surface area contributed by atoms with Crippen molar-refractivity contribution in [3.05, 3.63) is 53.6 Å². The number of aromatic nitrogens is 1. The van der Waals surface area contributed by atoms with Crippen LogP contribution in [0.1, 0.15) is 0 Å². The van der Waals surface area contributed by atoms with E-state index < -0.39 is 11.9 Å². The first-order chi connectivity index (χ1) is 8.65. The van der Waals surface area contributed by atoms with Gasteiger partial charge in [-0.25, -0.2) is 14.2 Å². The summed E-state index contributed by atoms with van der Waals surface area (Å²) in [6, 6.07) is 9.56. The lowest BCUT2D eigenvalue weighted by molar-refractivity contribution is 0.215. The number of halogens is 2. The summed E-state index contributed by atoms with van der Waals surface area (Å²) in [5, 5.41) is 2.08. The second kappa shape index (κ2) is 5.46. The molecule has 92 valence electrons. The van der Waals surface area contributed by atoms with E-state index in [1.165, 1.54) is 6.20 Å². The van der Waals surface area contributed by atoms with Crippen molar-refractivity contribution in [3.63, 3.8) is 0 Å². The Balaban J connectivity index is 2.01. The predicted octanol–water partition coefficient (Wildman–Crippen LogP) is 3.49. The Morgan fingerprint density at radius 3 is 2.72 bits per heavy atom. The maximum Gasteiger partial charge on any atom is 0.417 e. The molecule has 2 rings (SSSR count). The monoisotopic (exact) mass is 266 g/mol. The normalized spacial score (nSPS) is 9.89. The summed E-state index contributed by atoms with van der Waals surface area (Å²) in [4.78, 5) is 15.0.